The molecule has 0 aliphatic heterocycles. The molecule has 0 unspecified atom stereocenters. The van der Waals surface area contributed by atoms with Crippen LogP contribution in [0.2, 0.25) is 0 Å². The fourth-order valence-corrected chi connectivity index (χ4v) is 6.34. The van der Waals surface area contributed by atoms with Crippen LogP contribution in [0.15, 0.2) is 36.5 Å². The van der Waals surface area contributed by atoms with Crippen molar-refractivity contribution in [2.45, 2.75) is 57.4 Å². The number of thiophene rings is 1. The first kappa shape index (κ1) is 27.3. The Morgan fingerprint density at radius 3 is 2.67 bits per heavy atom. The van der Waals surface area contributed by atoms with Crippen LogP contribution in [-0.2, 0) is 17.6 Å². The summed E-state index contributed by atoms with van der Waals surface area (Å²) in [6.45, 7) is 1.68. The van der Waals surface area contributed by atoms with Crippen molar-refractivity contribution in [1.29, 1.82) is 0 Å². The van der Waals surface area contributed by atoms with Gasteiger partial charge in [-0.05, 0) is 93.2 Å². The van der Waals surface area contributed by atoms with E-state index in [1.807, 2.05) is 24.3 Å². The van der Waals surface area contributed by atoms with Gasteiger partial charge in [0.25, 0.3) is 5.91 Å². The highest BCUT2D eigenvalue weighted by Crippen LogP contribution is 2.30. The van der Waals surface area contributed by atoms with E-state index in [-0.39, 0.29) is 17.8 Å². The van der Waals surface area contributed by atoms with Crippen LogP contribution in [0, 0.1) is 11.7 Å². The first-order valence-corrected chi connectivity index (χ1v) is 14.6. The van der Waals surface area contributed by atoms with E-state index >= 15 is 0 Å². The Morgan fingerprint density at radius 1 is 1.10 bits per heavy atom. The minimum atomic E-state index is -0.476. The standard InChI is InChI=1S/C29H36FN5O3S/c1-37-14-15-38-23-12-10-22(11-13-23)34-29-32-18-24(30)27(35-29)33-21-8-6-19(7-9-21)17-31-28(36)26-16-20-4-2-3-5-25(20)39-26/h10-13,16,18-19,21H,2-9,14-15,17H2,1H3,(H,31,36)(H2,32,33,34,35). The SMILES string of the molecule is COCCOc1ccc(Nc2ncc(F)c(NC3CCC(CNC(=O)c4cc5c(s4)CCCC5)CC3)n2)cc1. The summed E-state index contributed by atoms with van der Waals surface area (Å²) in [7, 11) is 1.63. The fraction of sp³-hybridized carbons (Fsp3) is 0.483. The Morgan fingerprint density at radius 2 is 1.90 bits per heavy atom. The Labute approximate surface area is 232 Å². The van der Waals surface area contributed by atoms with Gasteiger partial charge in [0.15, 0.2) is 11.6 Å². The summed E-state index contributed by atoms with van der Waals surface area (Å²) in [5.41, 5.74) is 2.14. The van der Waals surface area contributed by atoms with Crippen LogP contribution in [0.3, 0.4) is 0 Å². The van der Waals surface area contributed by atoms with Crippen LogP contribution in [0.5, 0.6) is 5.75 Å². The van der Waals surface area contributed by atoms with Crippen molar-refractivity contribution in [3.05, 3.63) is 57.7 Å². The monoisotopic (exact) mass is 553 g/mol. The van der Waals surface area contributed by atoms with Crippen molar-refractivity contribution in [3.63, 3.8) is 0 Å². The molecule has 5 rings (SSSR count). The lowest BCUT2D eigenvalue weighted by Crippen LogP contribution is -2.34. The lowest BCUT2D eigenvalue weighted by molar-refractivity contribution is 0.0947. The van der Waals surface area contributed by atoms with Crippen LogP contribution >= 0.6 is 11.3 Å². The second-order valence-electron chi connectivity index (χ2n) is 10.2. The Kier molecular flexibility index (Phi) is 9.26. The molecule has 1 saturated carbocycles. The van der Waals surface area contributed by atoms with Crippen molar-refractivity contribution in [3.8, 4) is 5.75 Å². The predicted octanol–water partition coefficient (Wildman–Crippen LogP) is 5.73. The van der Waals surface area contributed by atoms with Gasteiger partial charge < -0.3 is 25.4 Å². The predicted molar refractivity (Wildman–Crippen MR) is 152 cm³/mol. The number of ether oxygens (including phenoxy) is 2. The van der Waals surface area contributed by atoms with Crippen molar-refractivity contribution in [2.75, 3.05) is 37.5 Å². The number of hydrogen-bond acceptors (Lipinski definition) is 8. The molecular formula is C29H36FN5O3S. The molecule has 0 saturated heterocycles. The molecule has 39 heavy (non-hydrogen) atoms. The molecule has 1 fully saturated rings. The number of nitrogens with one attached hydrogen (secondary N) is 3. The maximum Gasteiger partial charge on any atom is 0.261 e. The van der Waals surface area contributed by atoms with Gasteiger partial charge in [0.05, 0.1) is 17.7 Å². The second-order valence-corrected chi connectivity index (χ2v) is 11.4. The number of carbonyl (C=O) groups excluding carboxylic acids is 1. The molecule has 3 aromatic rings. The molecule has 3 N–H and O–H groups in total. The maximum absolute atomic E-state index is 14.5. The molecule has 2 aliphatic rings. The average molecular weight is 554 g/mol. The smallest absolute Gasteiger partial charge is 0.261 e. The molecule has 0 bridgehead atoms. The largest absolute Gasteiger partial charge is 0.491 e. The van der Waals surface area contributed by atoms with E-state index in [1.54, 1.807) is 18.4 Å². The van der Waals surface area contributed by atoms with Crippen molar-refractivity contribution < 1.29 is 18.7 Å². The van der Waals surface area contributed by atoms with Crippen molar-refractivity contribution >= 4 is 34.7 Å². The van der Waals surface area contributed by atoms with Crippen LogP contribution in [0.4, 0.5) is 21.8 Å². The normalized spacial score (nSPS) is 18.7. The first-order valence-electron chi connectivity index (χ1n) is 13.7. The number of fused-ring (bicyclic) bond motifs is 1. The van der Waals surface area contributed by atoms with Gasteiger partial charge in [0.1, 0.15) is 12.4 Å². The number of rotatable bonds is 11. The first-order chi connectivity index (χ1) is 19.1. The Hall–Kier alpha value is -3.24. The highest BCUT2D eigenvalue weighted by molar-refractivity contribution is 7.14. The number of anilines is 3. The number of amides is 1. The zero-order chi connectivity index (χ0) is 27.0. The average Bonchev–Trinajstić information content (AvgIpc) is 3.40. The number of carbonyl (C=O) groups is 1. The van der Waals surface area contributed by atoms with Crippen LogP contribution in [0.25, 0.3) is 0 Å². The molecule has 0 spiro atoms. The van der Waals surface area contributed by atoms with E-state index in [4.69, 9.17) is 9.47 Å². The van der Waals surface area contributed by atoms with Gasteiger partial charge in [-0.25, -0.2) is 9.37 Å². The summed E-state index contributed by atoms with van der Waals surface area (Å²) >= 11 is 1.65. The molecule has 8 nitrogen and oxygen atoms in total. The summed E-state index contributed by atoms with van der Waals surface area (Å²) in [4.78, 5) is 23.4. The van der Waals surface area contributed by atoms with Crippen LogP contribution < -0.4 is 20.7 Å². The summed E-state index contributed by atoms with van der Waals surface area (Å²) in [5.74, 6) is 1.25. The summed E-state index contributed by atoms with van der Waals surface area (Å²) < 4.78 is 25.1. The number of aryl methyl sites for hydroxylation is 2. The number of aromatic nitrogens is 2. The Balaban J connectivity index is 1.08. The third-order valence-corrected chi connectivity index (χ3v) is 8.61. The minimum Gasteiger partial charge on any atom is -0.491 e. The van der Waals surface area contributed by atoms with Crippen LogP contribution in [-0.4, -0.2) is 48.8 Å². The number of benzene rings is 1. The Bertz CT molecular complexity index is 1220. The van der Waals surface area contributed by atoms with Gasteiger partial charge in [-0.2, -0.15) is 4.98 Å². The molecule has 208 valence electrons. The van der Waals surface area contributed by atoms with Gasteiger partial charge in [0, 0.05) is 30.3 Å². The number of nitrogens with zero attached hydrogens (tertiary/aromatic N) is 2. The molecule has 1 amide bonds. The second kappa shape index (κ2) is 13.2. The molecule has 0 radical (unpaired) electrons. The molecule has 1 aromatic carbocycles. The lowest BCUT2D eigenvalue weighted by Gasteiger charge is -2.29. The minimum absolute atomic E-state index is 0.0472. The van der Waals surface area contributed by atoms with Gasteiger partial charge in [-0.15, -0.1) is 11.3 Å². The van der Waals surface area contributed by atoms with E-state index in [0.29, 0.717) is 31.6 Å². The number of hydrogen-bond donors (Lipinski definition) is 3. The van der Waals surface area contributed by atoms with Gasteiger partial charge in [0.2, 0.25) is 5.95 Å². The summed E-state index contributed by atoms with van der Waals surface area (Å²) in [6.07, 6.45) is 9.55. The molecule has 2 aliphatic carbocycles. The van der Waals surface area contributed by atoms with Crippen molar-refractivity contribution in [2.24, 2.45) is 5.92 Å². The van der Waals surface area contributed by atoms with E-state index in [1.165, 1.54) is 29.5 Å². The van der Waals surface area contributed by atoms with E-state index in [2.05, 4.69) is 32.0 Å². The zero-order valence-corrected chi connectivity index (χ0v) is 23.1. The third kappa shape index (κ3) is 7.45. The third-order valence-electron chi connectivity index (χ3n) is 7.37. The summed E-state index contributed by atoms with van der Waals surface area (Å²) in [5, 5.41) is 9.53. The van der Waals surface area contributed by atoms with E-state index in [0.717, 1.165) is 54.8 Å². The molecular weight excluding hydrogens is 517 g/mol. The lowest BCUT2D eigenvalue weighted by atomic mass is 9.86. The van der Waals surface area contributed by atoms with E-state index < -0.39 is 5.82 Å². The fourth-order valence-electron chi connectivity index (χ4n) is 5.17. The topological polar surface area (TPSA) is 97.4 Å². The highest BCUT2D eigenvalue weighted by atomic mass is 32.1. The van der Waals surface area contributed by atoms with Crippen molar-refractivity contribution in [1.82, 2.24) is 15.3 Å². The zero-order valence-electron chi connectivity index (χ0n) is 22.3. The number of halogens is 1. The van der Waals surface area contributed by atoms with Gasteiger partial charge in [-0.3, -0.25) is 4.79 Å². The molecule has 2 heterocycles. The summed E-state index contributed by atoms with van der Waals surface area (Å²) in [6, 6.07) is 9.61. The van der Waals surface area contributed by atoms with E-state index in [9.17, 15) is 9.18 Å². The molecule has 2 aromatic heterocycles. The van der Waals surface area contributed by atoms with Gasteiger partial charge >= 0.3 is 0 Å². The molecule has 10 heteroatoms. The maximum atomic E-state index is 14.5. The van der Waals surface area contributed by atoms with Gasteiger partial charge in [-0.1, -0.05) is 0 Å². The highest BCUT2D eigenvalue weighted by Gasteiger charge is 2.24. The quantitative estimate of drug-likeness (QED) is 0.261. The van der Waals surface area contributed by atoms with Crippen LogP contribution in [0.1, 0.15) is 58.6 Å². The molecule has 0 atom stereocenters. The number of methoxy groups -OCH3 is 1.